The number of fused-ring (bicyclic) bond motifs is 3. The third-order valence-corrected chi connectivity index (χ3v) is 6.58. The first kappa shape index (κ1) is 24.4. The summed E-state index contributed by atoms with van der Waals surface area (Å²) >= 11 is 0. The molecule has 2 bridgehead atoms. The molecule has 188 valence electrons. The largest absolute Gasteiger partial charge is 0.491 e. The second kappa shape index (κ2) is 12.1. The van der Waals surface area contributed by atoms with Crippen molar-refractivity contribution in [2.75, 3.05) is 46.1 Å². The Kier molecular flexibility index (Phi) is 8.23. The topological polar surface area (TPSA) is 72.9 Å². The number of ether oxygens (including phenoxy) is 3. The van der Waals surface area contributed by atoms with E-state index in [1.54, 1.807) is 6.20 Å². The predicted octanol–water partition coefficient (Wildman–Crippen LogP) is 3.46. The minimum atomic E-state index is 0.0607. The molecule has 7 nitrogen and oxygen atoms in total. The number of morpholine rings is 1. The van der Waals surface area contributed by atoms with Crippen molar-refractivity contribution in [3.8, 4) is 16.9 Å². The summed E-state index contributed by atoms with van der Waals surface area (Å²) in [4.78, 5) is 19.3. The van der Waals surface area contributed by atoms with Gasteiger partial charge in [0.2, 0.25) is 5.91 Å². The SMILES string of the molecule is O=C(CC1COCCN1)N1CCOCCOc2ccc(-c3cccnc3)cc2Cc2cccc(c2)C1. The van der Waals surface area contributed by atoms with Crippen LogP contribution in [0.1, 0.15) is 23.1 Å². The normalized spacial score (nSPS) is 19.0. The minimum absolute atomic E-state index is 0.0607. The number of rotatable bonds is 3. The quantitative estimate of drug-likeness (QED) is 0.610. The molecule has 5 rings (SSSR count). The molecule has 1 N–H and O–H groups in total. The first-order valence-electron chi connectivity index (χ1n) is 12.7. The predicted molar refractivity (Wildman–Crippen MR) is 138 cm³/mol. The highest BCUT2D eigenvalue weighted by Crippen LogP contribution is 2.29. The van der Waals surface area contributed by atoms with Crippen molar-refractivity contribution in [1.29, 1.82) is 0 Å². The molecule has 1 fully saturated rings. The molecule has 7 heteroatoms. The summed E-state index contributed by atoms with van der Waals surface area (Å²) in [5.41, 5.74) is 5.59. The number of nitrogens with one attached hydrogen (secondary N) is 1. The fourth-order valence-corrected chi connectivity index (χ4v) is 4.72. The molecular weight excluding hydrogens is 454 g/mol. The molecule has 1 aromatic heterocycles. The van der Waals surface area contributed by atoms with Crippen LogP contribution in [-0.4, -0.2) is 68.0 Å². The molecule has 2 aliphatic rings. The van der Waals surface area contributed by atoms with E-state index in [0.29, 0.717) is 52.5 Å². The average molecular weight is 488 g/mol. The number of pyridine rings is 1. The second-order valence-corrected chi connectivity index (χ2v) is 9.27. The van der Waals surface area contributed by atoms with Gasteiger partial charge in [-0.1, -0.05) is 36.4 Å². The monoisotopic (exact) mass is 487 g/mol. The Morgan fingerprint density at radius 2 is 1.92 bits per heavy atom. The van der Waals surface area contributed by atoms with Crippen LogP contribution < -0.4 is 10.1 Å². The van der Waals surface area contributed by atoms with Crippen LogP contribution in [0.15, 0.2) is 67.0 Å². The molecule has 3 heterocycles. The van der Waals surface area contributed by atoms with Crippen LogP contribution in [-0.2, 0) is 27.2 Å². The zero-order valence-electron chi connectivity index (χ0n) is 20.5. The van der Waals surface area contributed by atoms with E-state index in [4.69, 9.17) is 14.2 Å². The molecule has 1 atom stereocenters. The van der Waals surface area contributed by atoms with Crippen molar-refractivity contribution < 1.29 is 19.0 Å². The zero-order chi connectivity index (χ0) is 24.6. The van der Waals surface area contributed by atoms with Gasteiger partial charge in [-0.05, 0) is 40.5 Å². The van der Waals surface area contributed by atoms with E-state index < -0.39 is 0 Å². The first-order chi connectivity index (χ1) is 17.7. The van der Waals surface area contributed by atoms with Crippen molar-refractivity contribution in [2.24, 2.45) is 0 Å². The van der Waals surface area contributed by atoms with E-state index >= 15 is 0 Å². The number of hydrogen-bond donors (Lipinski definition) is 1. The number of carbonyl (C=O) groups is 1. The summed E-state index contributed by atoms with van der Waals surface area (Å²) in [6.07, 6.45) is 4.81. The van der Waals surface area contributed by atoms with Crippen molar-refractivity contribution in [3.05, 3.63) is 83.7 Å². The van der Waals surface area contributed by atoms with E-state index in [9.17, 15) is 4.79 Å². The number of aromatic nitrogens is 1. The van der Waals surface area contributed by atoms with Crippen LogP contribution in [0.5, 0.6) is 5.75 Å². The molecule has 0 spiro atoms. The highest BCUT2D eigenvalue weighted by Gasteiger charge is 2.22. The summed E-state index contributed by atoms with van der Waals surface area (Å²) < 4.78 is 17.5. The molecule has 2 aromatic carbocycles. The third kappa shape index (κ3) is 6.49. The minimum Gasteiger partial charge on any atom is -0.491 e. The maximum absolute atomic E-state index is 13.2. The Bertz CT molecular complexity index is 1150. The smallest absolute Gasteiger partial charge is 0.224 e. The van der Waals surface area contributed by atoms with Crippen LogP contribution in [0, 0.1) is 0 Å². The molecule has 1 amide bonds. The third-order valence-electron chi connectivity index (χ3n) is 6.58. The first-order valence-corrected chi connectivity index (χ1v) is 12.7. The van der Waals surface area contributed by atoms with E-state index in [-0.39, 0.29) is 11.9 Å². The summed E-state index contributed by atoms with van der Waals surface area (Å²) in [6, 6.07) is 18.8. The fraction of sp³-hybridized carbons (Fsp3) is 0.379. The number of carbonyl (C=O) groups excluding carboxylic acids is 1. The van der Waals surface area contributed by atoms with E-state index in [2.05, 4.69) is 52.8 Å². The summed E-state index contributed by atoms with van der Waals surface area (Å²) in [6.45, 7) is 4.55. The maximum atomic E-state index is 13.2. The Morgan fingerprint density at radius 1 is 0.972 bits per heavy atom. The lowest BCUT2D eigenvalue weighted by Gasteiger charge is -2.28. The van der Waals surface area contributed by atoms with Gasteiger partial charge in [0.1, 0.15) is 12.4 Å². The number of amides is 1. The van der Waals surface area contributed by atoms with Crippen molar-refractivity contribution >= 4 is 5.91 Å². The molecule has 36 heavy (non-hydrogen) atoms. The Labute approximate surface area is 212 Å². The molecule has 1 unspecified atom stereocenters. The maximum Gasteiger partial charge on any atom is 0.224 e. The van der Waals surface area contributed by atoms with Crippen molar-refractivity contribution in [3.63, 3.8) is 0 Å². The molecule has 2 aliphatic heterocycles. The zero-order valence-corrected chi connectivity index (χ0v) is 20.5. The van der Waals surface area contributed by atoms with Gasteiger partial charge in [-0.25, -0.2) is 0 Å². The van der Waals surface area contributed by atoms with Crippen LogP contribution in [0.25, 0.3) is 11.1 Å². The molecule has 0 aliphatic carbocycles. The Hall–Kier alpha value is -3.26. The standard InChI is InChI=1S/C29H33N3O4/c33-29(18-27-21-35-11-9-31-27)32-10-12-34-13-14-36-28-7-6-24(25-5-2-8-30-19-25)17-26(28)16-22-3-1-4-23(15-22)20-32/h1-8,15,17,19,27,31H,9-14,16,18,20-21H2. The van der Waals surface area contributed by atoms with Crippen LogP contribution in [0.3, 0.4) is 0 Å². The van der Waals surface area contributed by atoms with Gasteiger partial charge < -0.3 is 24.4 Å². The summed E-state index contributed by atoms with van der Waals surface area (Å²) in [5, 5.41) is 3.38. The molecule has 0 radical (unpaired) electrons. The van der Waals surface area contributed by atoms with Gasteiger partial charge in [-0.3, -0.25) is 9.78 Å². The molecular formula is C29H33N3O4. The Morgan fingerprint density at radius 3 is 2.78 bits per heavy atom. The van der Waals surface area contributed by atoms with Gasteiger partial charge in [0.05, 0.1) is 26.4 Å². The Balaban J connectivity index is 1.38. The highest BCUT2D eigenvalue weighted by atomic mass is 16.5. The van der Waals surface area contributed by atoms with Gasteiger partial charge in [0, 0.05) is 56.5 Å². The van der Waals surface area contributed by atoms with E-state index in [0.717, 1.165) is 41.0 Å². The molecule has 3 aromatic rings. The summed E-state index contributed by atoms with van der Waals surface area (Å²) in [5.74, 6) is 0.981. The number of nitrogens with zero attached hydrogens (tertiary/aromatic N) is 2. The fourth-order valence-electron chi connectivity index (χ4n) is 4.72. The molecule has 1 saturated heterocycles. The van der Waals surface area contributed by atoms with Crippen LogP contribution in [0.4, 0.5) is 0 Å². The van der Waals surface area contributed by atoms with Crippen molar-refractivity contribution in [2.45, 2.75) is 25.4 Å². The van der Waals surface area contributed by atoms with Gasteiger partial charge in [-0.15, -0.1) is 0 Å². The van der Waals surface area contributed by atoms with Gasteiger partial charge in [-0.2, -0.15) is 0 Å². The lowest BCUT2D eigenvalue weighted by Crippen LogP contribution is -2.45. The molecule has 0 saturated carbocycles. The number of hydrogen-bond acceptors (Lipinski definition) is 6. The van der Waals surface area contributed by atoms with Gasteiger partial charge >= 0.3 is 0 Å². The van der Waals surface area contributed by atoms with Crippen LogP contribution in [0.2, 0.25) is 0 Å². The second-order valence-electron chi connectivity index (χ2n) is 9.27. The van der Waals surface area contributed by atoms with Crippen LogP contribution >= 0.6 is 0 Å². The number of benzene rings is 2. The lowest BCUT2D eigenvalue weighted by atomic mass is 9.98. The van der Waals surface area contributed by atoms with Gasteiger partial charge in [0.25, 0.3) is 0 Å². The van der Waals surface area contributed by atoms with Crippen molar-refractivity contribution in [1.82, 2.24) is 15.2 Å². The summed E-state index contributed by atoms with van der Waals surface area (Å²) in [7, 11) is 0. The van der Waals surface area contributed by atoms with E-state index in [1.807, 2.05) is 23.2 Å². The lowest BCUT2D eigenvalue weighted by molar-refractivity contribution is -0.134. The van der Waals surface area contributed by atoms with E-state index in [1.165, 1.54) is 5.56 Å². The highest BCUT2D eigenvalue weighted by molar-refractivity contribution is 5.77. The average Bonchev–Trinajstić information content (AvgIpc) is 2.91. The van der Waals surface area contributed by atoms with Gasteiger partial charge in [0.15, 0.2) is 0 Å².